The molecule has 0 spiro atoms. The van der Waals surface area contributed by atoms with E-state index in [1.807, 2.05) is 0 Å². The Labute approximate surface area is 61.9 Å². The first-order valence-electron chi connectivity index (χ1n) is 1.56. The Morgan fingerprint density at radius 2 is 1.43 bits per heavy atom. The van der Waals surface area contributed by atoms with Crippen LogP contribution in [0.15, 0.2) is 0 Å². The minimum atomic E-state index is -2.44. The summed E-state index contributed by atoms with van der Waals surface area (Å²) < 4.78 is -2.20. The van der Waals surface area contributed by atoms with Crippen molar-refractivity contribution in [2.45, 2.75) is 0 Å². The Morgan fingerprint density at radius 1 is 1.14 bits per heavy atom. The van der Waals surface area contributed by atoms with Crippen molar-refractivity contribution in [2.24, 2.45) is 0 Å². The predicted molar refractivity (Wildman–Crippen MR) is 21.8 cm³/mol. The van der Waals surface area contributed by atoms with Crippen LogP contribution in [-0.4, -0.2) is 53.1 Å². The van der Waals surface area contributed by atoms with Crippen LogP contribution >= 0.6 is 0 Å². The molecular weight excluding hydrogens is 176 g/mol. The van der Waals surface area contributed by atoms with Crippen molar-refractivity contribution in [1.82, 2.24) is 0 Å². The second-order valence-electron chi connectivity index (χ2n) is 0.964. The average molecular weight is 178 g/mol. The number of carboxylic acid groups (broad SMARTS) is 2. The Hall–Kier alpha value is 0.421. The summed E-state index contributed by atoms with van der Waals surface area (Å²) in [5.41, 5.74) is 0. The van der Waals surface area contributed by atoms with E-state index in [0.29, 0.717) is 0 Å². The summed E-state index contributed by atoms with van der Waals surface area (Å²) in [5.74, 6) is 0. The molecular formula is C2H2O4Sr. The van der Waals surface area contributed by atoms with Crippen molar-refractivity contribution in [2.75, 3.05) is 0 Å². The number of carbonyl (C=O) groups is 2. The van der Waals surface area contributed by atoms with E-state index in [2.05, 4.69) is 0 Å². The molecule has 0 aliphatic carbocycles. The number of hydrogen-bond acceptors (Lipinski definition) is 2. The quantitative estimate of drug-likeness (QED) is 0.585. The van der Waals surface area contributed by atoms with E-state index in [1.165, 1.54) is 0 Å². The monoisotopic (exact) mass is 178 g/mol. The van der Waals surface area contributed by atoms with Gasteiger partial charge in [-0.15, -0.1) is 0 Å². The van der Waals surface area contributed by atoms with E-state index in [0.717, 1.165) is 0 Å². The van der Waals surface area contributed by atoms with Crippen molar-refractivity contribution in [1.29, 1.82) is 0 Å². The van der Waals surface area contributed by atoms with Crippen molar-refractivity contribution in [3.05, 3.63) is 0 Å². The molecule has 4 nitrogen and oxygen atoms in total. The molecule has 0 amide bonds. The molecule has 0 saturated heterocycles. The first-order valence-corrected chi connectivity index (χ1v) is 5.04. The fourth-order valence-corrected chi connectivity index (χ4v) is 0.765. The maximum atomic E-state index is 9.52. The van der Waals surface area contributed by atoms with Gasteiger partial charge in [-0.3, -0.25) is 0 Å². The van der Waals surface area contributed by atoms with Crippen LogP contribution < -0.4 is 0 Å². The van der Waals surface area contributed by atoms with Gasteiger partial charge in [0.05, 0.1) is 0 Å². The molecule has 0 aliphatic rings. The topological polar surface area (TPSA) is 74.6 Å². The van der Waals surface area contributed by atoms with E-state index in [4.69, 9.17) is 10.2 Å². The Morgan fingerprint density at radius 3 is 1.43 bits per heavy atom. The van der Waals surface area contributed by atoms with Gasteiger partial charge in [0.15, 0.2) is 0 Å². The molecule has 0 atom stereocenters. The third-order valence-corrected chi connectivity index (χ3v) is 1.79. The van der Waals surface area contributed by atoms with Gasteiger partial charge in [-0.05, 0) is 0 Å². The summed E-state index contributed by atoms with van der Waals surface area (Å²) in [6.45, 7) is 0. The van der Waals surface area contributed by atoms with E-state index in [1.54, 1.807) is 0 Å². The van der Waals surface area contributed by atoms with Crippen molar-refractivity contribution >= 4 is 42.9 Å². The maximum absolute atomic E-state index is 9.52. The zero-order valence-electron chi connectivity index (χ0n) is 3.42. The molecule has 0 aromatic heterocycles. The van der Waals surface area contributed by atoms with Crippen LogP contribution in [-0.2, 0) is 0 Å². The molecule has 0 unspecified atom stereocenters. The van der Waals surface area contributed by atoms with Gasteiger partial charge in [-0.25, -0.2) is 0 Å². The fraction of sp³-hybridized carbons (Fsp3) is 0. The third-order valence-electron chi connectivity index (χ3n) is 0.302. The zero-order valence-corrected chi connectivity index (χ0v) is 6.89. The molecule has 0 rings (SSSR count). The van der Waals surface area contributed by atoms with Gasteiger partial charge >= 0.3 is 62.7 Å². The van der Waals surface area contributed by atoms with Crippen molar-refractivity contribution in [3.8, 4) is 0 Å². The predicted octanol–water partition coefficient (Wildman–Crippen LogP) is 0.0466. The molecule has 0 heterocycles. The van der Waals surface area contributed by atoms with Crippen molar-refractivity contribution in [3.63, 3.8) is 0 Å². The van der Waals surface area contributed by atoms with Crippen LogP contribution in [0.2, 0.25) is 0 Å². The van der Waals surface area contributed by atoms with E-state index in [-0.39, 0.29) is 0 Å². The third kappa shape index (κ3) is 6.42. The summed E-state index contributed by atoms with van der Waals surface area (Å²) in [7, 11) is 0. The fourth-order valence-electron chi connectivity index (χ4n) is 0.129. The van der Waals surface area contributed by atoms with Crippen LogP contribution in [0.5, 0.6) is 0 Å². The molecule has 7 heavy (non-hydrogen) atoms. The van der Waals surface area contributed by atoms with Crippen LogP contribution in [0, 0.1) is 0 Å². The summed E-state index contributed by atoms with van der Waals surface area (Å²) >= 11 is -2.44. The minimum absolute atomic E-state index is 1.10. The Balaban J connectivity index is 3.32. The first kappa shape index (κ1) is 7.42. The molecule has 0 radical (unpaired) electrons. The molecule has 0 fully saturated rings. The number of hydrogen-bond donors (Lipinski definition) is 2. The van der Waals surface area contributed by atoms with Gasteiger partial charge in [0.1, 0.15) is 0 Å². The summed E-state index contributed by atoms with van der Waals surface area (Å²) in [6, 6.07) is 0. The van der Waals surface area contributed by atoms with Gasteiger partial charge in [0.2, 0.25) is 0 Å². The van der Waals surface area contributed by atoms with Gasteiger partial charge < -0.3 is 0 Å². The van der Waals surface area contributed by atoms with Gasteiger partial charge in [0.25, 0.3) is 0 Å². The van der Waals surface area contributed by atoms with Crippen LogP contribution in [0.3, 0.4) is 0 Å². The van der Waals surface area contributed by atoms with Gasteiger partial charge in [-0.1, -0.05) is 0 Å². The number of rotatable bonds is 2. The van der Waals surface area contributed by atoms with Gasteiger partial charge in [-0.2, -0.15) is 0 Å². The summed E-state index contributed by atoms with van der Waals surface area (Å²) in [4.78, 5) is 19.0. The molecule has 0 aromatic rings. The molecule has 0 aliphatic heterocycles. The first-order chi connectivity index (χ1) is 3.13. The van der Waals surface area contributed by atoms with Crippen molar-refractivity contribution < 1.29 is 19.8 Å². The molecule has 36 valence electrons. The Kier molecular flexibility index (Phi) is 3.63. The summed E-state index contributed by atoms with van der Waals surface area (Å²) in [5, 5.41) is 15.6. The second-order valence-corrected chi connectivity index (χ2v) is 4.81. The van der Waals surface area contributed by atoms with Crippen LogP contribution in [0.25, 0.3) is 0 Å². The molecule has 0 bridgehead atoms. The normalized spacial score (nSPS) is 6.86. The zero-order chi connectivity index (χ0) is 5.86. The molecule has 0 aromatic carbocycles. The average Bonchev–Trinajstić information content (AvgIpc) is 1.27. The molecule has 2 N–H and O–H groups in total. The second kappa shape index (κ2) is 3.43. The Bertz CT molecular complexity index is 85.9. The van der Waals surface area contributed by atoms with Gasteiger partial charge in [0, 0.05) is 0 Å². The van der Waals surface area contributed by atoms with E-state index >= 15 is 0 Å². The molecule has 0 saturated carbocycles. The van der Waals surface area contributed by atoms with Crippen LogP contribution in [0.4, 0.5) is 9.59 Å². The van der Waals surface area contributed by atoms with Crippen LogP contribution in [0.1, 0.15) is 0 Å². The summed E-state index contributed by atoms with van der Waals surface area (Å²) in [6.07, 6.45) is 0. The molecule has 5 heteroatoms. The SMILES string of the molecule is O=[C](O)[Sr][C](=O)O. The van der Waals surface area contributed by atoms with E-state index in [9.17, 15) is 9.59 Å². The standard InChI is InChI=1S/2CHO2.Sr/c2*2-1-3;/h2*(H,2,3);. The van der Waals surface area contributed by atoms with E-state index < -0.39 is 42.9 Å².